The molecule has 1 fully saturated rings. The zero-order chi connectivity index (χ0) is 16.4. The second-order valence-electron chi connectivity index (χ2n) is 5.72. The number of carbonyl (C=O) groups excluding carboxylic acids is 1. The average molecular weight is 323 g/mol. The monoisotopic (exact) mass is 323 g/mol. The molecule has 3 aromatic rings. The SMILES string of the molecule is O=C(Nc1cc(-c2ccoc2)nn1-c1ccccc1)[C@@H]1CCOC1. The highest BCUT2D eigenvalue weighted by Gasteiger charge is 2.25. The van der Waals surface area contributed by atoms with Gasteiger partial charge in [-0.05, 0) is 24.6 Å². The molecule has 3 heterocycles. The summed E-state index contributed by atoms with van der Waals surface area (Å²) < 4.78 is 12.2. The van der Waals surface area contributed by atoms with Gasteiger partial charge in [-0.1, -0.05) is 18.2 Å². The first-order chi connectivity index (χ1) is 11.8. The molecule has 1 aliphatic rings. The maximum absolute atomic E-state index is 12.4. The highest BCUT2D eigenvalue weighted by Crippen LogP contribution is 2.26. The van der Waals surface area contributed by atoms with Gasteiger partial charge in [0.05, 0.1) is 36.4 Å². The third-order valence-corrected chi connectivity index (χ3v) is 4.08. The molecule has 6 nitrogen and oxygen atoms in total. The molecular weight excluding hydrogens is 306 g/mol. The number of aromatic nitrogens is 2. The van der Waals surface area contributed by atoms with Gasteiger partial charge in [-0.2, -0.15) is 5.10 Å². The van der Waals surface area contributed by atoms with E-state index in [2.05, 4.69) is 10.4 Å². The van der Waals surface area contributed by atoms with Crippen LogP contribution < -0.4 is 5.32 Å². The predicted molar refractivity (Wildman–Crippen MR) is 88.8 cm³/mol. The van der Waals surface area contributed by atoms with E-state index in [1.54, 1.807) is 17.2 Å². The summed E-state index contributed by atoms with van der Waals surface area (Å²) in [7, 11) is 0. The van der Waals surface area contributed by atoms with E-state index in [1.807, 2.05) is 42.5 Å². The van der Waals surface area contributed by atoms with Gasteiger partial charge in [-0.3, -0.25) is 4.79 Å². The van der Waals surface area contributed by atoms with Crippen molar-refractivity contribution in [3.8, 4) is 16.9 Å². The van der Waals surface area contributed by atoms with Crippen LogP contribution in [-0.2, 0) is 9.53 Å². The van der Waals surface area contributed by atoms with Gasteiger partial charge in [0.2, 0.25) is 5.91 Å². The molecule has 24 heavy (non-hydrogen) atoms. The van der Waals surface area contributed by atoms with Gasteiger partial charge in [-0.25, -0.2) is 4.68 Å². The van der Waals surface area contributed by atoms with Crippen LogP contribution in [0.5, 0.6) is 0 Å². The van der Waals surface area contributed by atoms with Crippen LogP contribution in [0.4, 0.5) is 5.82 Å². The van der Waals surface area contributed by atoms with Crippen LogP contribution in [0.3, 0.4) is 0 Å². The molecule has 0 radical (unpaired) electrons. The van der Waals surface area contributed by atoms with Crippen LogP contribution in [0.25, 0.3) is 16.9 Å². The first-order valence-corrected chi connectivity index (χ1v) is 7.88. The molecular formula is C18H17N3O3. The Morgan fingerprint density at radius 1 is 1.25 bits per heavy atom. The molecule has 6 heteroatoms. The molecule has 122 valence electrons. The number of anilines is 1. The first-order valence-electron chi connectivity index (χ1n) is 7.88. The number of rotatable bonds is 4. The lowest BCUT2D eigenvalue weighted by Gasteiger charge is -2.11. The lowest BCUT2D eigenvalue weighted by molar-refractivity contribution is -0.119. The van der Waals surface area contributed by atoms with Crippen molar-refractivity contribution in [1.82, 2.24) is 9.78 Å². The fraction of sp³-hybridized carbons (Fsp3) is 0.222. The largest absolute Gasteiger partial charge is 0.472 e. The van der Waals surface area contributed by atoms with Gasteiger partial charge < -0.3 is 14.5 Å². The number of benzene rings is 1. The summed E-state index contributed by atoms with van der Waals surface area (Å²) >= 11 is 0. The predicted octanol–water partition coefficient (Wildman–Crippen LogP) is 3.11. The normalized spacial score (nSPS) is 17.1. The maximum atomic E-state index is 12.4. The van der Waals surface area contributed by atoms with Crippen LogP contribution in [0.1, 0.15) is 6.42 Å². The van der Waals surface area contributed by atoms with Crippen molar-refractivity contribution in [3.05, 3.63) is 55.0 Å². The molecule has 1 aromatic carbocycles. The van der Waals surface area contributed by atoms with Crippen molar-refractivity contribution in [2.45, 2.75) is 6.42 Å². The van der Waals surface area contributed by atoms with Gasteiger partial charge >= 0.3 is 0 Å². The summed E-state index contributed by atoms with van der Waals surface area (Å²) in [6, 6.07) is 13.4. The van der Waals surface area contributed by atoms with E-state index < -0.39 is 0 Å². The minimum Gasteiger partial charge on any atom is -0.472 e. The van der Waals surface area contributed by atoms with Crippen molar-refractivity contribution in [2.75, 3.05) is 18.5 Å². The third kappa shape index (κ3) is 2.83. The summed E-state index contributed by atoms with van der Waals surface area (Å²) in [5.74, 6) is 0.485. The third-order valence-electron chi connectivity index (χ3n) is 4.08. The standard InChI is InChI=1S/C18H17N3O3/c22-18(14-7-9-24-12-14)19-17-10-16(13-6-8-23-11-13)20-21(17)15-4-2-1-3-5-15/h1-6,8,10-11,14H,7,9,12H2,(H,19,22)/t14-/m1/s1. The minimum absolute atomic E-state index is 0.0386. The van der Waals surface area contributed by atoms with Crippen LogP contribution in [0.2, 0.25) is 0 Å². The fourth-order valence-corrected chi connectivity index (χ4v) is 2.76. The number of amides is 1. The van der Waals surface area contributed by atoms with Gasteiger partial charge in [0, 0.05) is 18.2 Å². The summed E-state index contributed by atoms with van der Waals surface area (Å²) in [5.41, 5.74) is 2.49. The Labute approximate surface area is 139 Å². The highest BCUT2D eigenvalue weighted by atomic mass is 16.5. The minimum atomic E-state index is -0.110. The van der Waals surface area contributed by atoms with Crippen molar-refractivity contribution in [3.63, 3.8) is 0 Å². The number of nitrogens with one attached hydrogen (secondary N) is 1. The van der Waals surface area contributed by atoms with E-state index >= 15 is 0 Å². The van der Waals surface area contributed by atoms with Gasteiger partial charge in [0.1, 0.15) is 5.82 Å². The molecule has 2 aromatic heterocycles. The van der Waals surface area contributed by atoms with E-state index in [-0.39, 0.29) is 11.8 Å². The number of hydrogen-bond donors (Lipinski definition) is 1. The molecule has 1 atom stereocenters. The Morgan fingerprint density at radius 2 is 2.12 bits per heavy atom. The average Bonchev–Trinajstić information content (AvgIpc) is 3.36. The number of carbonyl (C=O) groups is 1. The molecule has 1 aliphatic heterocycles. The van der Waals surface area contributed by atoms with Crippen LogP contribution in [-0.4, -0.2) is 28.9 Å². The molecule has 0 aliphatic carbocycles. The van der Waals surface area contributed by atoms with Gasteiger partial charge in [0.15, 0.2) is 0 Å². The lowest BCUT2D eigenvalue weighted by Crippen LogP contribution is -2.24. The molecule has 0 spiro atoms. The quantitative estimate of drug-likeness (QED) is 0.801. The zero-order valence-electron chi connectivity index (χ0n) is 13.0. The van der Waals surface area contributed by atoms with Gasteiger partial charge in [0.25, 0.3) is 0 Å². The molecule has 1 saturated heterocycles. The Kier molecular flexibility index (Phi) is 3.88. The molecule has 1 amide bonds. The van der Waals surface area contributed by atoms with Crippen molar-refractivity contribution in [2.24, 2.45) is 5.92 Å². The smallest absolute Gasteiger partial charge is 0.231 e. The molecule has 0 unspecified atom stereocenters. The fourth-order valence-electron chi connectivity index (χ4n) is 2.76. The van der Waals surface area contributed by atoms with E-state index in [0.717, 1.165) is 23.4 Å². The van der Waals surface area contributed by atoms with Crippen LogP contribution in [0.15, 0.2) is 59.4 Å². The summed E-state index contributed by atoms with van der Waals surface area (Å²) in [6.45, 7) is 1.11. The molecule has 4 rings (SSSR count). The first kappa shape index (κ1) is 14.7. The Bertz CT molecular complexity index is 819. The summed E-state index contributed by atoms with van der Waals surface area (Å²) in [4.78, 5) is 12.4. The van der Waals surface area contributed by atoms with Gasteiger partial charge in [-0.15, -0.1) is 0 Å². The Hall–Kier alpha value is -2.86. The van der Waals surface area contributed by atoms with E-state index in [1.165, 1.54) is 0 Å². The second kappa shape index (κ2) is 6.33. The topological polar surface area (TPSA) is 69.3 Å². The van der Waals surface area contributed by atoms with Crippen LogP contribution in [0, 0.1) is 5.92 Å². The van der Waals surface area contributed by atoms with E-state index in [0.29, 0.717) is 19.0 Å². The van der Waals surface area contributed by atoms with Crippen molar-refractivity contribution >= 4 is 11.7 Å². The Balaban J connectivity index is 1.69. The number of furan rings is 1. The lowest BCUT2D eigenvalue weighted by atomic mass is 10.1. The van der Waals surface area contributed by atoms with E-state index in [9.17, 15) is 4.79 Å². The molecule has 0 saturated carbocycles. The number of nitrogens with zero attached hydrogens (tertiary/aromatic N) is 2. The summed E-state index contributed by atoms with van der Waals surface area (Å²) in [5, 5.41) is 7.60. The molecule has 0 bridgehead atoms. The summed E-state index contributed by atoms with van der Waals surface area (Å²) in [6.07, 6.45) is 3.99. The Morgan fingerprint density at radius 3 is 2.83 bits per heavy atom. The zero-order valence-corrected chi connectivity index (χ0v) is 13.0. The maximum Gasteiger partial charge on any atom is 0.231 e. The number of hydrogen-bond acceptors (Lipinski definition) is 4. The van der Waals surface area contributed by atoms with E-state index in [4.69, 9.17) is 9.15 Å². The molecule has 1 N–H and O–H groups in total. The number of ether oxygens (including phenoxy) is 1. The second-order valence-corrected chi connectivity index (χ2v) is 5.72. The van der Waals surface area contributed by atoms with Crippen molar-refractivity contribution < 1.29 is 13.9 Å². The number of para-hydroxylation sites is 1. The highest BCUT2D eigenvalue weighted by molar-refractivity contribution is 5.92. The van der Waals surface area contributed by atoms with Crippen LogP contribution >= 0.6 is 0 Å². The van der Waals surface area contributed by atoms with Crippen molar-refractivity contribution in [1.29, 1.82) is 0 Å².